The summed E-state index contributed by atoms with van der Waals surface area (Å²) < 4.78 is 10.7. The maximum atomic E-state index is 5.44. The summed E-state index contributed by atoms with van der Waals surface area (Å²) in [4.78, 5) is 15.6. The fourth-order valence-electron chi connectivity index (χ4n) is 3.04. The molecule has 1 fully saturated rings. The van der Waals surface area contributed by atoms with Gasteiger partial charge in [0.1, 0.15) is 5.75 Å². The van der Waals surface area contributed by atoms with Crippen LogP contribution in [0.1, 0.15) is 5.56 Å². The zero-order valence-electron chi connectivity index (χ0n) is 17.8. The number of aromatic nitrogens is 3. The average molecular weight is 432 g/mol. The third-order valence-electron chi connectivity index (χ3n) is 4.68. The Kier molecular flexibility index (Phi) is 7.22. The highest BCUT2D eigenvalue weighted by molar-refractivity contribution is 5.78. The molecule has 4 rings (SSSR count). The highest BCUT2D eigenvalue weighted by Crippen LogP contribution is 2.20. The first-order valence-electron chi connectivity index (χ1n) is 10.3. The van der Waals surface area contributed by atoms with Gasteiger partial charge in [-0.15, -0.1) is 0 Å². The lowest BCUT2D eigenvalue weighted by Crippen LogP contribution is -2.37. The number of hydrogen-bond donors (Lipinski definition) is 2. The average Bonchev–Trinajstić information content (AvgIpc) is 2.85. The second kappa shape index (κ2) is 10.9. The molecule has 0 spiro atoms. The molecule has 0 atom stereocenters. The van der Waals surface area contributed by atoms with E-state index < -0.39 is 0 Å². The number of hydrogen-bond acceptors (Lipinski definition) is 9. The second-order valence-corrected chi connectivity index (χ2v) is 6.90. The molecular formula is C23H25N7O2. The summed E-state index contributed by atoms with van der Waals surface area (Å²) in [6.45, 7) is 2.71. The van der Waals surface area contributed by atoms with E-state index in [-0.39, 0.29) is 0 Å². The Labute approximate surface area is 186 Å². The van der Waals surface area contributed by atoms with Gasteiger partial charge in [0, 0.05) is 25.0 Å². The van der Waals surface area contributed by atoms with Crippen LogP contribution in [0.3, 0.4) is 0 Å². The zero-order chi connectivity index (χ0) is 22.0. The first-order chi connectivity index (χ1) is 15.8. The van der Waals surface area contributed by atoms with E-state index in [1.165, 1.54) is 0 Å². The van der Waals surface area contributed by atoms with E-state index in [0.29, 0.717) is 44.1 Å². The summed E-state index contributed by atoms with van der Waals surface area (Å²) in [7, 11) is 1.64. The minimum absolute atomic E-state index is 0.349. The summed E-state index contributed by atoms with van der Waals surface area (Å²) in [5.41, 5.74) is 4.83. The van der Waals surface area contributed by atoms with Crippen molar-refractivity contribution in [2.75, 3.05) is 49.1 Å². The van der Waals surface area contributed by atoms with Crippen LogP contribution in [0.5, 0.6) is 5.75 Å². The topological polar surface area (TPSA) is 96.8 Å². The van der Waals surface area contributed by atoms with Crippen molar-refractivity contribution in [2.45, 2.75) is 0 Å². The molecule has 1 aromatic heterocycles. The third-order valence-corrected chi connectivity index (χ3v) is 4.68. The fourth-order valence-corrected chi connectivity index (χ4v) is 3.04. The number of ether oxygens (including phenoxy) is 2. The summed E-state index contributed by atoms with van der Waals surface area (Å²) in [6, 6.07) is 17.5. The van der Waals surface area contributed by atoms with Crippen molar-refractivity contribution in [2.24, 2.45) is 5.10 Å². The number of hydrazone groups is 1. The van der Waals surface area contributed by atoms with Crippen LogP contribution >= 0.6 is 0 Å². The molecule has 32 heavy (non-hydrogen) atoms. The Balaban J connectivity index is 1.49. The van der Waals surface area contributed by atoms with Gasteiger partial charge in [0.2, 0.25) is 17.8 Å². The molecule has 2 heterocycles. The number of nitrogens with one attached hydrogen (secondary N) is 2. The lowest BCUT2D eigenvalue weighted by atomic mass is 10.2. The monoisotopic (exact) mass is 431 g/mol. The van der Waals surface area contributed by atoms with Gasteiger partial charge in [0.15, 0.2) is 0 Å². The van der Waals surface area contributed by atoms with Crippen molar-refractivity contribution in [3.8, 4) is 5.75 Å². The number of rotatable bonds is 8. The molecule has 0 amide bonds. The Morgan fingerprint density at radius 3 is 2.47 bits per heavy atom. The van der Waals surface area contributed by atoms with Crippen molar-refractivity contribution in [3.05, 3.63) is 66.2 Å². The molecule has 0 radical (unpaired) electrons. The van der Waals surface area contributed by atoms with Gasteiger partial charge in [-0.3, -0.25) is 0 Å². The van der Waals surface area contributed by atoms with Crippen LogP contribution in [-0.2, 0) is 4.74 Å². The van der Waals surface area contributed by atoms with Gasteiger partial charge in [-0.2, -0.15) is 20.1 Å². The number of morpholine rings is 1. The molecule has 3 aromatic rings. The van der Waals surface area contributed by atoms with Crippen LogP contribution in [-0.4, -0.2) is 54.6 Å². The maximum Gasteiger partial charge on any atom is 0.250 e. The molecule has 0 bridgehead atoms. The largest absolute Gasteiger partial charge is 0.497 e. The van der Waals surface area contributed by atoms with E-state index in [2.05, 4.69) is 35.7 Å². The molecule has 1 saturated heterocycles. The van der Waals surface area contributed by atoms with Gasteiger partial charge < -0.3 is 19.7 Å². The lowest BCUT2D eigenvalue weighted by Gasteiger charge is -2.27. The summed E-state index contributed by atoms with van der Waals surface area (Å²) in [6.07, 6.45) is 5.47. The Hall–Kier alpha value is -3.98. The fraction of sp³-hybridized carbons (Fsp3) is 0.217. The van der Waals surface area contributed by atoms with Crippen molar-refractivity contribution in [1.82, 2.24) is 15.0 Å². The van der Waals surface area contributed by atoms with E-state index >= 15 is 0 Å². The van der Waals surface area contributed by atoms with Crippen molar-refractivity contribution >= 4 is 35.8 Å². The van der Waals surface area contributed by atoms with Crippen LogP contribution in [0.4, 0.5) is 23.5 Å². The normalized spacial score (nSPS) is 14.1. The van der Waals surface area contributed by atoms with Crippen LogP contribution in [0.2, 0.25) is 0 Å². The SMILES string of the molecule is COc1ccc(Nc2nc(N/N=C/C=C/c3ccccc3)nc(N3CCOCC3)n2)cc1. The predicted octanol–water partition coefficient (Wildman–Crippen LogP) is 3.57. The highest BCUT2D eigenvalue weighted by Gasteiger charge is 2.16. The molecule has 2 aromatic carbocycles. The molecule has 2 N–H and O–H groups in total. The Morgan fingerprint density at radius 1 is 0.969 bits per heavy atom. The van der Waals surface area contributed by atoms with Crippen LogP contribution in [0.15, 0.2) is 65.8 Å². The van der Waals surface area contributed by atoms with Crippen molar-refractivity contribution in [3.63, 3.8) is 0 Å². The minimum Gasteiger partial charge on any atom is -0.497 e. The third kappa shape index (κ3) is 6.02. The minimum atomic E-state index is 0.349. The van der Waals surface area contributed by atoms with Crippen LogP contribution < -0.4 is 20.4 Å². The van der Waals surface area contributed by atoms with E-state index in [9.17, 15) is 0 Å². The van der Waals surface area contributed by atoms with Gasteiger partial charge >= 0.3 is 0 Å². The number of anilines is 4. The highest BCUT2D eigenvalue weighted by atomic mass is 16.5. The maximum absolute atomic E-state index is 5.44. The molecule has 0 aliphatic carbocycles. The Bertz CT molecular complexity index is 1050. The first kappa shape index (κ1) is 21.3. The quantitative estimate of drug-likeness (QED) is 0.413. The second-order valence-electron chi connectivity index (χ2n) is 6.90. The standard InChI is InChI=1S/C23H25N7O2/c1-31-20-11-9-19(10-12-20)25-21-26-22(28-23(27-21)30-14-16-32-17-15-30)29-24-13-5-8-18-6-3-2-4-7-18/h2-13H,14-17H2,1H3,(H2,25,26,27,28,29)/b8-5+,24-13+. The number of nitrogens with zero attached hydrogens (tertiary/aromatic N) is 5. The summed E-state index contributed by atoms with van der Waals surface area (Å²) in [5.74, 6) is 2.11. The molecule has 0 saturated carbocycles. The van der Waals surface area contributed by atoms with Crippen molar-refractivity contribution < 1.29 is 9.47 Å². The molecule has 0 unspecified atom stereocenters. The van der Waals surface area contributed by atoms with Crippen molar-refractivity contribution in [1.29, 1.82) is 0 Å². The Morgan fingerprint density at radius 2 is 1.72 bits per heavy atom. The molecule has 9 heteroatoms. The molecule has 164 valence electrons. The van der Waals surface area contributed by atoms with Crippen LogP contribution in [0, 0.1) is 0 Å². The number of allylic oxidation sites excluding steroid dienone is 1. The van der Waals surface area contributed by atoms with Gasteiger partial charge in [0.05, 0.1) is 20.3 Å². The van der Waals surface area contributed by atoms with Gasteiger partial charge in [0.25, 0.3) is 0 Å². The summed E-state index contributed by atoms with van der Waals surface area (Å²) in [5, 5.41) is 7.43. The molecule has 9 nitrogen and oxygen atoms in total. The first-order valence-corrected chi connectivity index (χ1v) is 10.3. The zero-order valence-corrected chi connectivity index (χ0v) is 17.8. The smallest absolute Gasteiger partial charge is 0.250 e. The van der Waals surface area contributed by atoms with Crippen LogP contribution in [0.25, 0.3) is 6.08 Å². The van der Waals surface area contributed by atoms with Gasteiger partial charge in [-0.05, 0) is 35.9 Å². The van der Waals surface area contributed by atoms with Gasteiger partial charge in [-0.25, -0.2) is 5.43 Å². The van der Waals surface area contributed by atoms with E-state index in [1.54, 1.807) is 13.3 Å². The lowest BCUT2D eigenvalue weighted by molar-refractivity contribution is 0.122. The number of methoxy groups -OCH3 is 1. The van der Waals surface area contributed by atoms with E-state index in [1.807, 2.05) is 66.7 Å². The van der Waals surface area contributed by atoms with E-state index in [0.717, 1.165) is 17.0 Å². The molecular weight excluding hydrogens is 406 g/mol. The number of benzene rings is 2. The predicted molar refractivity (Wildman–Crippen MR) is 127 cm³/mol. The summed E-state index contributed by atoms with van der Waals surface area (Å²) >= 11 is 0. The molecule has 1 aliphatic rings. The van der Waals surface area contributed by atoms with E-state index in [4.69, 9.17) is 9.47 Å². The van der Waals surface area contributed by atoms with Gasteiger partial charge in [-0.1, -0.05) is 36.4 Å². The molecule has 1 aliphatic heterocycles.